The van der Waals surface area contributed by atoms with Crippen molar-refractivity contribution in [3.63, 3.8) is 0 Å². The molecule has 8 rings (SSSR count). The van der Waals surface area contributed by atoms with E-state index < -0.39 is 11.2 Å². The van der Waals surface area contributed by atoms with Gasteiger partial charge >= 0.3 is 11.9 Å². The van der Waals surface area contributed by atoms with Crippen molar-refractivity contribution in [1.29, 1.82) is 0 Å². The van der Waals surface area contributed by atoms with Crippen molar-refractivity contribution >= 4 is 33.5 Å². The minimum absolute atomic E-state index is 0.00537. The van der Waals surface area contributed by atoms with Gasteiger partial charge in [-0.15, -0.1) is 0 Å². The first kappa shape index (κ1) is 44.0. The summed E-state index contributed by atoms with van der Waals surface area (Å²) in [7, 11) is 3.19. The molecule has 0 amide bonds. The molecule has 0 spiro atoms. The summed E-state index contributed by atoms with van der Waals surface area (Å²) in [5.74, 6) is 0.408. The molecule has 0 aliphatic carbocycles. The van der Waals surface area contributed by atoms with Crippen LogP contribution in [-0.4, -0.2) is 67.3 Å². The van der Waals surface area contributed by atoms with E-state index in [4.69, 9.17) is 40.4 Å². The van der Waals surface area contributed by atoms with Crippen LogP contribution in [-0.2, 0) is 22.3 Å². The molecule has 0 radical (unpaired) electrons. The molecule has 6 aromatic heterocycles. The highest BCUT2D eigenvalue weighted by molar-refractivity contribution is 5.93. The maximum Gasteiger partial charge on any atom is 0.340 e. The molecule has 62 heavy (non-hydrogen) atoms. The summed E-state index contributed by atoms with van der Waals surface area (Å²) in [5.41, 5.74) is 19.5. The fourth-order valence-corrected chi connectivity index (χ4v) is 7.93. The van der Waals surface area contributed by atoms with E-state index in [1.54, 1.807) is 51.1 Å². The minimum atomic E-state index is -0.592. The molecule has 0 bridgehead atoms. The Balaban J connectivity index is 0.000000186. The van der Waals surface area contributed by atoms with Gasteiger partial charge in [-0.1, -0.05) is 27.7 Å². The Hall–Kier alpha value is -6.12. The normalized spacial score (nSPS) is 18.4. The van der Waals surface area contributed by atoms with Crippen molar-refractivity contribution in [2.75, 3.05) is 14.2 Å². The lowest BCUT2D eigenvalue weighted by molar-refractivity contribution is -0.0200. The topological polar surface area (TPSA) is 200 Å². The van der Waals surface area contributed by atoms with E-state index in [0.717, 1.165) is 79.7 Å². The van der Waals surface area contributed by atoms with Crippen LogP contribution in [0.5, 0.6) is 11.8 Å². The monoisotopic (exact) mass is 840 g/mol. The lowest BCUT2D eigenvalue weighted by atomic mass is 9.84. The molecule has 0 fully saturated rings. The van der Waals surface area contributed by atoms with Crippen molar-refractivity contribution < 1.29 is 28.5 Å². The SMILES string of the molecule is CC[C@@H](N)c1cnc(OC)c2cnc(Cc3ccc4c(n3)[C@@H](C)C(C)(C)OC4=O)cc12.CC[C@H](N)c1cnc(OC)c2cnc(Cc3ccc4c(n3)[C@@H](C)C(C)(C)OC4=O)cc12. The molecule has 4 N–H and O–H groups in total. The summed E-state index contributed by atoms with van der Waals surface area (Å²) in [5, 5.41) is 3.65. The van der Waals surface area contributed by atoms with E-state index in [0.29, 0.717) is 35.7 Å². The van der Waals surface area contributed by atoms with Crippen molar-refractivity contribution in [1.82, 2.24) is 29.9 Å². The van der Waals surface area contributed by atoms with Gasteiger partial charge in [0.2, 0.25) is 11.8 Å². The predicted octanol–water partition coefficient (Wildman–Crippen LogP) is 8.17. The number of aromatic nitrogens is 6. The van der Waals surface area contributed by atoms with Crippen molar-refractivity contribution in [2.45, 2.75) is 116 Å². The van der Waals surface area contributed by atoms with E-state index in [1.807, 2.05) is 79.7 Å². The maximum absolute atomic E-state index is 12.3. The van der Waals surface area contributed by atoms with Crippen molar-refractivity contribution in [3.05, 3.63) is 118 Å². The van der Waals surface area contributed by atoms with Crippen LogP contribution in [0.4, 0.5) is 0 Å². The molecule has 0 aromatic carbocycles. The highest BCUT2D eigenvalue weighted by Gasteiger charge is 2.41. The second kappa shape index (κ2) is 17.3. The molecule has 14 nitrogen and oxygen atoms in total. The van der Waals surface area contributed by atoms with Crippen molar-refractivity contribution in [2.24, 2.45) is 11.5 Å². The fraction of sp³-hybridized carbons (Fsp3) is 0.417. The average molecular weight is 841 g/mol. The number of hydrogen-bond acceptors (Lipinski definition) is 14. The van der Waals surface area contributed by atoms with E-state index in [2.05, 4.69) is 19.9 Å². The standard InChI is InChI=1S/2C24H28N4O3/c2*1-6-20(25)18-11-27-22(30-5)19-12-26-15(10-17(18)19)9-14-7-8-16-21(28-14)13(2)24(3,4)31-23(16)29/h2*7-8,10-13,20H,6,9,25H2,1-5H3/t13-,20+;13-,20-/m11/s1. The van der Waals surface area contributed by atoms with E-state index in [9.17, 15) is 9.59 Å². The molecule has 4 atom stereocenters. The number of nitrogens with two attached hydrogens (primary N) is 2. The van der Waals surface area contributed by atoms with Crippen LogP contribution in [0.1, 0.15) is 158 Å². The third kappa shape index (κ3) is 8.41. The molecule has 0 saturated carbocycles. The Kier molecular flexibility index (Phi) is 12.3. The van der Waals surface area contributed by atoms with E-state index >= 15 is 0 Å². The van der Waals surface area contributed by atoms with Gasteiger partial charge in [-0.25, -0.2) is 19.6 Å². The number of fused-ring (bicyclic) bond motifs is 4. The van der Waals surface area contributed by atoms with Crippen LogP contribution in [0.3, 0.4) is 0 Å². The zero-order valence-corrected chi connectivity index (χ0v) is 37.2. The second-order valence-corrected chi connectivity index (χ2v) is 17.2. The number of hydrogen-bond donors (Lipinski definition) is 2. The first-order chi connectivity index (χ1) is 29.5. The lowest BCUT2D eigenvalue weighted by Gasteiger charge is -2.36. The summed E-state index contributed by atoms with van der Waals surface area (Å²) >= 11 is 0. The number of rotatable bonds is 10. The molecular weight excluding hydrogens is 785 g/mol. The molecule has 6 aromatic rings. The average Bonchev–Trinajstić information content (AvgIpc) is 3.26. The number of pyridine rings is 6. The van der Waals surface area contributed by atoms with Crippen LogP contribution in [0, 0.1) is 0 Å². The summed E-state index contributed by atoms with van der Waals surface area (Å²) in [4.78, 5) is 52.4. The Morgan fingerprint density at radius 2 is 0.984 bits per heavy atom. The smallest absolute Gasteiger partial charge is 0.340 e. The molecule has 2 aliphatic heterocycles. The van der Waals surface area contributed by atoms with Gasteiger partial charge < -0.3 is 30.4 Å². The van der Waals surface area contributed by atoms with Crippen LogP contribution in [0.15, 0.2) is 61.2 Å². The van der Waals surface area contributed by atoms with Crippen LogP contribution in [0.2, 0.25) is 0 Å². The number of carbonyl (C=O) groups is 2. The zero-order chi connectivity index (χ0) is 44.7. The van der Waals surface area contributed by atoms with Crippen LogP contribution < -0.4 is 20.9 Å². The molecule has 0 unspecified atom stereocenters. The molecule has 14 heteroatoms. The number of methoxy groups -OCH3 is 2. The van der Waals surface area contributed by atoms with Gasteiger partial charge in [0, 0.05) is 84.3 Å². The second-order valence-electron chi connectivity index (χ2n) is 17.2. The van der Waals surface area contributed by atoms with Gasteiger partial charge in [-0.3, -0.25) is 19.9 Å². The number of carbonyl (C=O) groups excluding carboxylic acids is 2. The first-order valence-electron chi connectivity index (χ1n) is 21.1. The fourth-order valence-electron chi connectivity index (χ4n) is 7.93. The van der Waals surface area contributed by atoms with E-state index in [1.165, 1.54) is 0 Å². The molecule has 2 aliphatic rings. The Bertz CT molecular complexity index is 2500. The third-order valence-corrected chi connectivity index (χ3v) is 12.5. The lowest BCUT2D eigenvalue weighted by Crippen LogP contribution is -2.39. The Labute approximate surface area is 362 Å². The zero-order valence-electron chi connectivity index (χ0n) is 37.2. The molecule has 8 heterocycles. The number of cyclic esters (lactones) is 2. The van der Waals surface area contributed by atoms with Gasteiger partial charge in [0.1, 0.15) is 11.2 Å². The predicted molar refractivity (Wildman–Crippen MR) is 237 cm³/mol. The number of ether oxygens (including phenoxy) is 4. The van der Waals surface area contributed by atoms with Gasteiger partial charge in [-0.05, 0) is 98.8 Å². The maximum atomic E-state index is 12.3. The Morgan fingerprint density at radius 3 is 1.34 bits per heavy atom. The highest BCUT2D eigenvalue weighted by atomic mass is 16.6. The molecule has 324 valence electrons. The van der Waals surface area contributed by atoms with Crippen molar-refractivity contribution in [3.8, 4) is 11.8 Å². The number of esters is 2. The van der Waals surface area contributed by atoms with Gasteiger partial charge in [0.25, 0.3) is 0 Å². The highest BCUT2D eigenvalue weighted by Crippen LogP contribution is 2.39. The van der Waals surface area contributed by atoms with Crippen LogP contribution >= 0.6 is 0 Å². The Morgan fingerprint density at radius 1 is 0.597 bits per heavy atom. The molecular formula is C48H56N8O6. The third-order valence-electron chi connectivity index (χ3n) is 12.5. The first-order valence-corrected chi connectivity index (χ1v) is 21.1. The summed E-state index contributed by atoms with van der Waals surface area (Å²) in [6.07, 6.45) is 9.81. The summed E-state index contributed by atoms with van der Waals surface area (Å²) < 4.78 is 22.0. The largest absolute Gasteiger partial charge is 0.481 e. The number of nitrogens with zero attached hydrogens (tertiary/aromatic N) is 6. The molecule has 0 saturated heterocycles. The summed E-state index contributed by atoms with van der Waals surface area (Å²) in [6, 6.07) is 11.2. The van der Waals surface area contributed by atoms with Crippen LogP contribution in [0.25, 0.3) is 21.5 Å². The quantitative estimate of drug-likeness (QED) is 0.125. The summed E-state index contributed by atoms with van der Waals surface area (Å²) in [6.45, 7) is 15.8. The van der Waals surface area contributed by atoms with Gasteiger partial charge in [0.15, 0.2) is 0 Å². The van der Waals surface area contributed by atoms with Gasteiger partial charge in [-0.2, -0.15) is 0 Å². The van der Waals surface area contributed by atoms with Gasteiger partial charge in [0.05, 0.1) is 47.5 Å². The minimum Gasteiger partial charge on any atom is -0.481 e. The van der Waals surface area contributed by atoms with E-state index in [-0.39, 0.29) is 35.9 Å².